The van der Waals surface area contributed by atoms with E-state index in [0.717, 1.165) is 20.7 Å². The van der Waals surface area contributed by atoms with Crippen molar-refractivity contribution in [2.75, 3.05) is 30.4 Å². The Balaban J connectivity index is 2.02. The Bertz CT molecular complexity index is 692. The molecule has 0 aliphatic heterocycles. The van der Waals surface area contributed by atoms with Gasteiger partial charge in [-0.1, -0.05) is 12.1 Å². The van der Waals surface area contributed by atoms with Crippen LogP contribution >= 0.6 is 22.6 Å². The standard InChI is InChI=1S/C18H21IN2O3/c1-3-23-13-9-10-17(24-4-2)16(11-13)20-12-18(22)21-15-8-6-5-7-14(15)19/h5-11,20H,3-4,12H2,1-2H3,(H,21,22). The summed E-state index contributed by atoms with van der Waals surface area (Å²) >= 11 is 2.19. The number of benzene rings is 2. The number of carbonyl (C=O) groups is 1. The molecule has 1 amide bonds. The molecule has 0 bridgehead atoms. The molecule has 0 fully saturated rings. The highest BCUT2D eigenvalue weighted by molar-refractivity contribution is 14.1. The van der Waals surface area contributed by atoms with E-state index in [9.17, 15) is 4.79 Å². The van der Waals surface area contributed by atoms with E-state index in [-0.39, 0.29) is 12.5 Å². The fourth-order valence-electron chi connectivity index (χ4n) is 2.12. The van der Waals surface area contributed by atoms with E-state index >= 15 is 0 Å². The van der Waals surface area contributed by atoms with Crippen LogP contribution in [0.3, 0.4) is 0 Å². The summed E-state index contributed by atoms with van der Waals surface area (Å²) in [5, 5.41) is 6.01. The molecular weight excluding hydrogens is 419 g/mol. The maximum atomic E-state index is 12.2. The van der Waals surface area contributed by atoms with Gasteiger partial charge in [-0.05, 0) is 60.7 Å². The average Bonchev–Trinajstić information content (AvgIpc) is 2.57. The zero-order chi connectivity index (χ0) is 17.4. The van der Waals surface area contributed by atoms with Gasteiger partial charge in [-0.25, -0.2) is 0 Å². The second-order valence-corrected chi connectivity index (χ2v) is 6.07. The molecule has 0 radical (unpaired) electrons. The van der Waals surface area contributed by atoms with Gasteiger partial charge < -0.3 is 20.1 Å². The molecule has 0 spiro atoms. The van der Waals surface area contributed by atoms with Crippen LogP contribution in [-0.4, -0.2) is 25.7 Å². The van der Waals surface area contributed by atoms with Gasteiger partial charge in [0, 0.05) is 9.64 Å². The molecule has 0 aromatic heterocycles. The number of hydrogen-bond acceptors (Lipinski definition) is 4. The number of halogens is 1. The normalized spacial score (nSPS) is 10.1. The Morgan fingerprint density at radius 3 is 2.50 bits per heavy atom. The maximum absolute atomic E-state index is 12.2. The van der Waals surface area contributed by atoms with E-state index in [2.05, 4.69) is 33.2 Å². The van der Waals surface area contributed by atoms with Crippen molar-refractivity contribution in [1.82, 2.24) is 0 Å². The number of anilines is 2. The molecule has 128 valence electrons. The van der Waals surface area contributed by atoms with E-state index in [1.807, 2.05) is 56.3 Å². The van der Waals surface area contributed by atoms with E-state index < -0.39 is 0 Å². The molecule has 2 aromatic carbocycles. The Morgan fingerprint density at radius 2 is 1.79 bits per heavy atom. The van der Waals surface area contributed by atoms with Crippen molar-refractivity contribution in [2.24, 2.45) is 0 Å². The van der Waals surface area contributed by atoms with Crippen LogP contribution in [0.1, 0.15) is 13.8 Å². The number of para-hydroxylation sites is 1. The zero-order valence-electron chi connectivity index (χ0n) is 13.8. The summed E-state index contributed by atoms with van der Waals surface area (Å²) < 4.78 is 12.1. The molecule has 0 atom stereocenters. The second kappa shape index (κ2) is 9.36. The third-order valence-electron chi connectivity index (χ3n) is 3.15. The Hall–Kier alpha value is -1.96. The molecule has 0 aliphatic carbocycles. The van der Waals surface area contributed by atoms with Gasteiger partial charge in [-0.3, -0.25) is 4.79 Å². The summed E-state index contributed by atoms with van der Waals surface area (Å²) in [7, 11) is 0. The Morgan fingerprint density at radius 1 is 1.04 bits per heavy atom. The Labute approximate surface area is 155 Å². The minimum atomic E-state index is -0.122. The summed E-state index contributed by atoms with van der Waals surface area (Å²) in [5.41, 5.74) is 1.54. The molecule has 6 heteroatoms. The molecule has 2 N–H and O–H groups in total. The highest BCUT2D eigenvalue weighted by Crippen LogP contribution is 2.29. The van der Waals surface area contributed by atoms with Crippen LogP contribution in [0.25, 0.3) is 0 Å². The quantitative estimate of drug-likeness (QED) is 0.606. The minimum Gasteiger partial charge on any atom is -0.494 e. The van der Waals surface area contributed by atoms with Gasteiger partial charge in [0.25, 0.3) is 0 Å². The average molecular weight is 440 g/mol. The summed E-state index contributed by atoms with van der Waals surface area (Å²) in [6, 6.07) is 13.2. The second-order valence-electron chi connectivity index (χ2n) is 4.91. The van der Waals surface area contributed by atoms with Crippen molar-refractivity contribution >= 4 is 39.9 Å². The van der Waals surface area contributed by atoms with E-state index in [1.165, 1.54) is 0 Å². The van der Waals surface area contributed by atoms with Crippen LogP contribution in [0.15, 0.2) is 42.5 Å². The molecule has 2 aromatic rings. The van der Waals surface area contributed by atoms with Crippen LogP contribution < -0.4 is 20.1 Å². The lowest BCUT2D eigenvalue weighted by Gasteiger charge is -2.14. The van der Waals surface area contributed by atoms with Gasteiger partial charge in [-0.2, -0.15) is 0 Å². The lowest BCUT2D eigenvalue weighted by molar-refractivity contribution is -0.114. The molecule has 0 aliphatic rings. The first kappa shape index (κ1) is 18.4. The first-order valence-electron chi connectivity index (χ1n) is 7.82. The first-order valence-corrected chi connectivity index (χ1v) is 8.89. The highest BCUT2D eigenvalue weighted by atomic mass is 127. The summed E-state index contributed by atoms with van der Waals surface area (Å²) in [4.78, 5) is 12.2. The van der Waals surface area contributed by atoms with Crippen LogP contribution in [-0.2, 0) is 4.79 Å². The first-order chi connectivity index (χ1) is 11.6. The molecule has 0 saturated carbocycles. The molecular formula is C18H21IN2O3. The van der Waals surface area contributed by atoms with Crippen molar-refractivity contribution in [3.63, 3.8) is 0 Å². The number of nitrogens with one attached hydrogen (secondary N) is 2. The summed E-state index contributed by atoms with van der Waals surface area (Å²) in [5.74, 6) is 1.31. The zero-order valence-corrected chi connectivity index (χ0v) is 15.9. The lowest BCUT2D eigenvalue weighted by atomic mass is 10.2. The van der Waals surface area contributed by atoms with Crippen molar-refractivity contribution in [1.29, 1.82) is 0 Å². The SMILES string of the molecule is CCOc1ccc(OCC)c(NCC(=O)Nc2ccccc2I)c1. The smallest absolute Gasteiger partial charge is 0.243 e. The fraction of sp³-hybridized carbons (Fsp3) is 0.278. The third-order valence-corrected chi connectivity index (χ3v) is 4.09. The van der Waals surface area contributed by atoms with Gasteiger partial charge in [0.1, 0.15) is 11.5 Å². The van der Waals surface area contributed by atoms with E-state index in [0.29, 0.717) is 19.0 Å². The highest BCUT2D eigenvalue weighted by Gasteiger charge is 2.09. The molecule has 0 unspecified atom stereocenters. The number of rotatable bonds is 8. The molecule has 24 heavy (non-hydrogen) atoms. The lowest BCUT2D eigenvalue weighted by Crippen LogP contribution is -2.22. The van der Waals surface area contributed by atoms with Crippen molar-refractivity contribution in [3.05, 3.63) is 46.0 Å². The molecule has 0 heterocycles. The van der Waals surface area contributed by atoms with Crippen LogP contribution in [0.5, 0.6) is 11.5 Å². The summed E-state index contributed by atoms with van der Waals surface area (Å²) in [6.45, 7) is 5.13. The number of amides is 1. The Kier molecular flexibility index (Phi) is 7.17. The van der Waals surface area contributed by atoms with Gasteiger partial charge >= 0.3 is 0 Å². The monoisotopic (exact) mass is 440 g/mol. The van der Waals surface area contributed by atoms with Gasteiger partial charge in [0.2, 0.25) is 5.91 Å². The number of hydrogen-bond donors (Lipinski definition) is 2. The van der Waals surface area contributed by atoms with Crippen molar-refractivity contribution in [3.8, 4) is 11.5 Å². The summed E-state index contributed by atoms with van der Waals surface area (Å²) in [6.07, 6.45) is 0. The predicted octanol–water partition coefficient (Wildman–Crippen LogP) is 4.14. The van der Waals surface area contributed by atoms with Gasteiger partial charge in [0.15, 0.2) is 0 Å². The fourth-order valence-corrected chi connectivity index (χ4v) is 2.64. The maximum Gasteiger partial charge on any atom is 0.243 e. The van der Waals surface area contributed by atoms with Crippen LogP contribution in [0.2, 0.25) is 0 Å². The van der Waals surface area contributed by atoms with Crippen molar-refractivity contribution < 1.29 is 14.3 Å². The molecule has 0 saturated heterocycles. The van der Waals surface area contributed by atoms with Crippen molar-refractivity contribution in [2.45, 2.75) is 13.8 Å². The number of carbonyl (C=O) groups excluding carboxylic acids is 1. The predicted molar refractivity (Wildman–Crippen MR) is 105 cm³/mol. The van der Waals surface area contributed by atoms with Crippen LogP contribution in [0, 0.1) is 3.57 Å². The molecule has 2 rings (SSSR count). The van der Waals surface area contributed by atoms with Crippen LogP contribution in [0.4, 0.5) is 11.4 Å². The largest absolute Gasteiger partial charge is 0.494 e. The van der Waals surface area contributed by atoms with E-state index in [4.69, 9.17) is 9.47 Å². The third kappa shape index (κ3) is 5.30. The topological polar surface area (TPSA) is 59.6 Å². The molecule has 5 nitrogen and oxygen atoms in total. The van der Waals surface area contributed by atoms with E-state index in [1.54, 1.807) is 0 Å². The van der Waals surface area contributed by atoms with Gasteiger partial charge in [-0.15, -0.1) is 0 Å². The minimum absolute atomic E-state index is 0.122. The van der Waals surface area contributed by atoms with Gasteiger partial charge in [0.05, 0.1) is 31.1 Å². The number of ether oxygens (including phenoxy) is 2.